The minimum absolute atomic E-state index is 0.545. The van der Waals surface area contributed by atoms with Crippen molar-refractivity contribution in [3.8, 4) is 11.5 Å². The molecule has 0 unspecified atom stereocenters. The summed E-state index contributed by atoms with van der Waals surface area (Å²) in [4.78, 5) is 0. The van der Waals surface area contributed by atoms with E-state index in [1.807, 2.05) is 36.4 Å². The molecule has 0 radical (unpaired) electrons. The Morgan fingerprint density at radius 2 is 1.95 bits per heavy atom. The molecule has 0 N–H and O–H groups in total. The summed E-state index contributed by atoms with van der Waals surface area (Å²) in [6.07, 6.45) is 0. The van der Waals surface area contributed by atoms with Crippen LogP contribution in [-0.4, -0.2) is 10.2 Å². The Balaban J connectivity index is 1.72. The van der Waals surface area contributed by atoms with Crippen LogP contribution in [0.5, 0.6) is 0 Å². The van der Waals surface area contributed by atoms with Crippen molar-refractivity contribution in [2.45, 2.75) is 17.9 Å². The van der Waals surface area contributed by atoms with Crippen LogP contribution < -0.4 is 0 Å². The summed E-state index contributed by atoms with van der Waals surface area (Å²) < 4.78 is 6.70. The van der Waals surface area contributed by atoms with Gasteiger partial charge < -0.3 is 4.42 Å². The van der Waals surface area contributed by atoms with Gasteiger partial charge >= 0.3 is 0 Å². The number of hydrogen-bond donors (Lipinski definition) is 0. The predicted molar refractivity (Wildman–Crippen MR) is 88.2 cm³/mol. The minimum Gasteiger partial charge on any atom is -0.411 e. The number of hydrogen-bond acceptors (Lipinski definition) is 4. The molecule has 3 rings (SSSR count). The van der Waals surface area contributed by atoms with Gasteiger partial charge in [0.15, 0.2) is 0 Å². The van der Waals surface area contributed by atoms with Gasteiger partial charge in [-0.2, -0.15) is 0 Å². The fraction of sp³-hybridized carbons (Fsp3) is 0.125. The van der Waals surface area contributed by atoms with Crippen molar-refractivity contribution >= 4 is 27.7 Å². The highest BCUT2D eigenvalue weighted by Gasteiger charge is 2.10. The molecule has 2 aromatic carbocycles. The lowest BCUT2D eigenvalue weighted by molar-refractivity contribution is 0.466. The molecule has 0 saturated heterocycles. The van der Waals surface area contributed by atoms with Crippen LogP contribution in [-0.2, 0) is 5.75 Å². The zero-order valence-corrected chi connectivity index (χ0v) is 13.8. The number of aryl methyl sites for hydroxylation is 1. The Labute approximate surface area is 135 Å². The van der Waals surface area contributed by atoms with Gasteiger partial charge in [0.2, 0.25) is 5.89 Å². The van der Waals surface area contributed by atoms with Crippen molar-refractivity contribution in [1.82, 2.24) is 10.2 Å². The Kier molecular flexibility index (Phi) is 4.41. The largest absolute Gasteiger partial charge is 0.411 e. The Hall–Kier alpha value is -1.59. The van der Waals surface area contributed by atoms with Gasteiger partial charge in [0.05, 0.1) is 0 Å². The number of rotatable bonds is 4. The maximum atomic E-state index is 5.71. The molecule has 0 aliphatic heterocycles. The topological polar surface area (TPSA) is 38.9 Å². The smallest absolute Gasteiger partial charge is 0.277 e. The van der Waals surface area contributed by atoms with E-state index < -0.39 is 0 Å². The summed E-state index contributed by atoms with van der Waals surface area (Å²) in [6.45, 7) is 2.11. The van der Waals surface area contributed by atoms with E-state index in [0.717, 1.165) is 15.8 Å². The van der Waals surface area contributed by atoms with Crippen molar-refractivity contribution in [2.24, 2.45) is 0 Å². The van der Waals surface area contributed by atoms with Gasteiger partial charge in [-0.3, -0.25) is 0 Å². The molecule has 0 amide bonds. The molecule has 106 valence electrons. The molecule has 0 spiro atoms. The molecule has 5 heteroatoms. The number of benzene rings is 2. The number of nitrogens with zero attached hydrogens (tertiary/aromatic N) is 2. The molecule has 21 heavy (non-hydrogen) atoms. The highest BCUT2D eigenvalue weighted by molar-refractivity contribution is 9.10. The van der Waals surface area contributed by atoms with E-state index in [1.165, 1.54) is 11.1 Å². The second-order valence-corrected chi connectivity index (χ2v) is 6.44. The monoisotopic (exact) mass is 360 g/mol. The Morgan fingerprint density at radius 1 is 1.10 bits per heavy atom. The fourth-order valence-corrected chi connectivity index (χ4v) is 3.16. The average molecular weight is 361 g/mol. The number of aromatic nitrogens is 2. The number of halogens is 1. The summed E-state index contributed by atoms with van der Waals surface area (Å²) >= 11 is 5.00. The van der Waals surface area contributed by atoms with E-state index in [2.05, 4.69) is 45.2 Å². The van der Waals surface area contributed by atoms with Crippen molar-refractivity contribution in [3.63, 3.8) is 0 Å². The molecular formula is C16H13BrN2OS. The summed E-state index contributed by atoms with van der Waals surface area (Å²) in [5.74, 6) is 1.37. The van der Waals surface area contributed by atoms with Crippen LogP contribution in [0.3, 0.4) is 0 Å². The van der Waals surface area contributed by atoms with E-state index in [9.17, 15) is 0 Å². The third-order valence-electron chi connectivity index (χ3n) is 3.09. The van der Waals surface area contributed by atoms with Gasteiger partial charge in [-0.05, 0) is 36.2 Å². The normalized spacial score (nSPS) is 10.8. The first-order valence-electron chi connectivity index (χ1n) is 6.49. The van der Waals surface area contributed by atoms with Gasteiger partial charge in [0.1, 0.15) is 0 Å². The van der Waals surface area contributed by atoms with Crippen molar-refractivity contribution < 1.29 is 4.42 Å². The average Bonchev–Trinajstić information content (AvgIpc) is 2.95. The Bertz CT molecular complexity index is 757. The van der Waals surface area contributed by atoms with Gasteiger partial charge in [-0.15, -0.1) is 10.2 Å². The molecule has 1 aromatic heterocycles. The summed E-state index contributed by atoms with van der Waals surface area (Å²) in [6, 6.07) is 16.1. The summed E-state index contributed by atoms with van der Waals surface area (Å²) in [7, 11) is 0. The van der Waals surface area contributed by atoms with Crippen LogP contribution in [0.1, 0.15) is 11.1 Å². The standard InChI is InChI=1S/C16H13BrN2OS/c1-11-5-2-3-6-13(11)10-21-16-19-18-15(20-16)12-7-4-8-14(17)9-12/h2-9H,10H2,1H3. The molecule has 0 saturated carbocycles. The summed E-state index contributed by atoms with van der Waals surface area (Å²) in [5.41, 5.74) is 3.47. The van der Waals surface area contributed by atoms with E-state index in [0.29, 0.717) is 11.1 Å². The highest BCUT2D eigenvalue weighted by Crippen LogP contribution is 2.27. The van der Waals surface area contributed by atoms with Crippen molar-refractivity contribution in [3.05, 3.63) is 64.1 Å². The second kappa shape index (κ2) is 6.45. The van der Waals surface area contributed by atoms with Crippen LogP contribution in [0.15, 0.2) is 62.6 Å². The van der Waals surface area contributed by atoms with Gasteiger partial charge in [-0.1, -0.05) is 58.0 Å². The summed E-state index contributed by atoms with van der Waals surface area (Å²) in [5, 5.41) is 8.79. The molecule has 0 fully saturated rings. The molecule has 0 aliphatic carbocycles. The van der Waals surface area contributed by atoms with Crippen LogP contribution in [0.4, 0.5) is 0 Å². The Morgan fingerprint density at radius 3 is 2.76 bits per heavy atom. The molecule has 3 aromatic rings. The fourth-order valence-electron chi connectivity index (χ4n) is 1.92. The number of thioether (sulfide) groups is 1. The predicted octanol–water partition coefficient (Wildman–Crippen LogP) is 5.10. The maximum Gasteiger partial charge on any atom is 0.277 e. The second-order valence-electron chi connectivity index (χ2n) is 4.60. The third kappa shape index (κ3) is 3.54. The maximum absolute atomic E-state index is 5.71. The lowest BCUT2D eigenvalue weighted by Crippen LogP contribution is -1.85. The van der Waals surface area contributed by atoms with E-state index >= 15 is 0 Å². The van der Waals surface area contributed by atoms with Crippen LogP contribution in [0.2, 0.25) is 0 Å². The minimum atomic E-state index is 0.545. The first-order valence-corrected chi connectivity index (χ1v) is 8.27. The zero-order valence-electron chi connectivity index (χ0n) is 11.4. The molecule has 0 atom stereocenters. The van der Waals surface area contributed by atoms with Gasteiger partial charge in [-0.25, -0.2) is 0 Å². The first-order chi connectivity index (χ1) is 10.2. The van der Waals surface area contributed by atoms with Crippen LogP contribution in [0, 0.1) is 6.92 Å². The molecule has 1 heterocycles. The first kappa shape index (κ1) is 14.4. The molecular weight excluding hydrogens is 348 g/mol. The molecule has 3 nitrogen and oxygen atoms in total. The lowest BCUT2D eigenvalue weighted by atomic mass is 10.1. The third-order valence-corrected chi connectivity index (χ3v) is 4.45. The van der Waals surface area contributed by atoms with Gasteiger partial charge in [0, 0.05) is 15.8 Å². The molecule has 0 bridgehead atoms. The van der Waals surface area contributed by atoms with Gasteiger partial charge in [0.25, 0.3) is 5.22 Å². The quantitative estimate of drug-likeness (QED) is 0.606. The zero-order chi connectivity index (χ0) is 14.7. The lowest BCUT2D eigenvalue weighted by Gasteiger charge is -2.02. The highest BCUT2D eigenvalue weighted by atomic mass is 79.9. The van der Waals surface area contributed by atoms with Crippen LogP contribution in [0.25, 0.3) is 11.5 Å². The van der Waals surface area contributed by atoms with E-state index in [4.69, 9.17) is 4.42 Å². The van der Waals surface area contributed by atoms with E-state index in [-0.39, 0.29) is 0 Å². The SMILES string of the molecule is Cc1ccccc1CSc1nnc(-c2cccc(Br)c2)o1. The van der Waals surface area contributed by atoms with Crippen molar-refractivity contribution in [1.29, 1.82) is 0 Å². The van der Waals surface area contributed by atoms with Crippen molar-refractivity contribution in [2.75, 3.05) is 0 Å². The van der Waals surface area contributed by atoms with Crippen LogP contribution >= 0.6 is 27.7 Å². The molecule has 0 aliphatic rings. The van der Waals surface area contributed by atoms with E-state index in [1.54, 1.807) is 11.8 Å².